The Kier molecular flexibility index (Phi) is 4.69. The molecule has 0 unspecified atom stereocenters. The fourth-order valence-corrected chi connectivity index (χ4v) is 3.48. The van der Waals surface area contributed by atoms with Crippen LogP contribution in [0, 0.1) is 0 Å². The van der Waals surface area contributed by atoms with Crippen LogP contribution >= 0.6 is 0 Å². The fourth-order valence-electron chi connectivity index (χ4n) is 3.48. The topological polar surface area (TPSA) is 44.9 Å². The highest BCUT2D eigenvalue weighted by Gasteiger charge is 2.07. The van der Waals surface area contributed by atoms with Crippen LogP contribution in [0.2, 0.25) is 0 Å². The molecule has 0 spiro atoms. The summed E-state index contributed by atoms with van der Waals surface area (Å²) >= 11 is 0. The molecule has 0 saturated heterocycles. The Bertz CT molecular complexity index is 1030. The van der Waals surface area contributed by atoms with Crippen molar-refractivity contribution in [1.29, 1.82) is 0 Å². The van der Waals surface area contributed by atoms with E-state index in [0.29, 0.717) is 6.54 Å². The Morgan fingerprint density at radius 3 is 2.46 bits per heavy atom. The molecular formula is C23H22N2O. The summed E-state index contributed by atoms with van der Waals surface area (Å²) in [5.74, 6) is 0.00307. The normalized spacial score (nSPS) is 11.1. The first-order chi connectivity index (χ1) is 12.8. The molecule has 0 fully saturated rings. The summed E-state index contributed by atoms with van der Waals surface area (Å²) in [6.45, 7) is 0.705. The Morgan fingerprint density at radius 2 is 1.58 bits per heavy atom. The molecule has 0 radical (unpaired) electrons. The standard InChI is InChI=1S/C23H22N2O/c26-23(18-10-2-1-3-11-18)24-16-7-6-9-17-12-8-14-20-19-13-4-5-15-21(19)25-22(17)20/h1-5,8,10-15,25H,6-7,9,16H2,(H,24,26). The zero-order chi connectivity index (χ0) is 17.8. The number of aromatic nitrogens is 1. The van der Waals surface area contributed by atoms with Gasteiger partial charge in [-0.3, -0.25) is 4.79 Å². The number of benzene rings is 3. The predicted octanol–water partition coefficient (Wildman–Crippen LogP) is 5.07. The second-order valence-electron chi connectivity index (χ2n) is 6.59. The average Bonchev–Trinajstić information content (AvgIpc) is 3.08. The second kappa shape index (κ2) is 7.44. The largest absolute Gasteiger partial charge is 0.354 e. The highest BCUT2D eigenvalue weighted by atomic mass is 16.1. The molecule has 0 saturated carbocycles. The highest BCUT2D eigenvalue weighted by molar-refractivity contribution is 6.08. The van der Waals surface area contributed by atoms with Crippen LogP contribution in [0.25, 0.3) is 21.8 Å². The van der Waals surface area contributed by atoms with Crippen LogP contribution in [0.15, 0.2) is 72.8 Å². The summed E-state index contributed by atoms with van der Waals surface area (Å²) in [5.41, 5.74) is 4.48. The summed E-state index contributed by atoms with van der Waals surface area (Å²) in [5, 5.41) is 5.56. The van der Waals surface area contributed by atoms with Crippen LogP contribution in [-0.2, 0) is 6.42 Å². The van der Waals surface area contributed by atoms with E-state index in [4.69, 9.17) is 0 Å². The lowest BCUT2D eigenvalue weighted by Gasteiger charge is -2.06. The van der Waals surface area contributed by atoms with Gasteiger partial charge in [-0.2, -0.15) is 0 Å². The fraction of sp³-hybridized carbons (Fsp3) is 0.174. The molecule has 3 aromatic carbocycles. The van der Waals surface area contributed by atoms with Gasteiger partial charge < -0.3 is 10.3 Å². The number of carbonyl (C=O) groups excluding carboxylic acids is 1. The molecule has 1 aromatic heterocycles. The number of fused-ring (bicyclic) bond motifs is 3. The predicted molar refractivity (Wildman–Crippen MR) is 108 cm³/mol. The van der Waals surface area contributed by atoms with Gasteiger partial charge in [0, 0.05) is 33.9 Å². The van der Waals surface area contributed by atoms with Crippen LogP contribution in [0.3, 0.4) is 0 Å². The number of rotatable bonds is 6. The van der Waals surface area contributed by atoms with E-state index in [2.05, 4.69) is 52.8 Å². The van der Waals surface area contributed by atoms with E-state index in [9.17, 15) is 4.79 Å². The zero-order valence-corrected chi connectivity index (χ0v) is 14.7. The number of aryl methyl sites for hydroxylation is 1. The molecule has 0 bridgehead atoms. The molecule has 26 heavy (non-hydrogen) atoms. The summed E-state index contributed by atoms with van der Waals surface area (Å²) < 4.78 is 0. The van der Waals surface area contributed by atoms with E-state index in [1.807, 2.05) is 30.3 Å². The van der Waals surface area contributed by atoms with Gasteiger partial charge in [0.2, 0.25) is 0 Å². The van der Waals surface area contributed by atoms with Gasteiger partial charge in [-0.05, 0) is 43.0 Å². The molecule has 4 aromatic rings. The van der Waals surface area contributed by atoms with Crippen molar-refractivity contribution >= 4 is 27.7 Å². The molecule has 0 atom stereocenters. The van der Waals surface area contributed by atoms with Gasteiger partial charge in [0.1, 0.15) is 0 Å². The lowest BCUT2D eigenvalue weighted by Crippen LogP contribution is -2.24. The summed E-state index contributed by atoms with van der Waals surface area (Å²) in [6.07, 6.45) is 3.02. The molecule has 4 rings (SSSR count). The smallest absolute Gasteiger partial charge is 0.251 e. The SMILES string of the molecule is O=C(NCCCCc1cccc2c1[nH]c1ccccc12)c1ccccc1. The average molecular weight is 342 g/mol. The van der Waals surface area contributed by atoms with Crippen molar-refractivity contribution in [2.24, 2.45) is 0 Å². The number of para-hydroxylation sites is 2. The van der Waals surface area contributed by atoms with Gasteiger partial charge in [-0.1, -0.05) is 54.6 Å². The third-order valence-electron chi connectivity index (χ3n) is 4.82. The molecule has 1 amide bonds. The Hall–Kier alpha value is -3.07. The number of hydrogen-bond donors (Lipinski definition) is 2. The molecule has 2 N–H and O–H groups in total. The van der Waals surface area contributed by atoms with Crippen molar-refractivity contribution in [2.45, 2.75) is 19.3 Å². The lowest BCUT2D eigenvalue weighted by atomic mass is 10.0. The van der Waals surface area contributed by atoms with Crippen LogP contribution < -0.4 is 5.32 Å². The van der Waals surface area contributed by atoms with Gasteiger partial charge in [0.25, 0.3) is 5.91 Å². The summed E-state index contributed by atoms with van der Waals surface area (Å²) in [4.78, 5) is 15.6. The van der Waals surface area contributed by atoms with E-state index in [-0.39, 0.29) is 5.91 Å². The first kappa shape index (κ1) is 16.4. The minimum absolute atomic E-state index is 0.00307. The minimum atomic E-state index is 0.00307. The Balaban J connectivity index is 1.36. The molecule has 130 valence electrons. The van der Waals surface area contributed by atoms with Crippen LogP contribution in [-0.4, -0.2) is 17.4 Å². The van der Waals surface area contributed by atoms with Crippen LogP contribution in [0.5, 0.6) is 0 Å². The third kappa shape index (κ3) is 3.33. The third-order valence-corrected chi connectivity index (χ3v) is 4.82. The second-order valence-corrected chi connectivity index (χ2v) is 6.59. The van der Waals surface area contributed by atoms with Gasteiger partial charge in [0.15, 0.2) is 0 Å². The van der Waals surface area contributed by atoms with E-state index in [0.717, 1.165) is 24.8 Å². The lowest BCUT2D eigenvalue weighted by molar-refractivity contribution is 0.0953. The molecule has 0 aliphatic carbocycles. The summed E-state index contributed by atoms with van der Waals surface area (Å²) in [6, 6.07) is 24.3. The van der Waals surface area contributed by atoms with Crippen LogP contribution in [0.4, 0.5) is 0 Å². The van der Waals surface area contributed by atoms with Gasteiger partial charge >= 0.3 is 0 Å². The van der Waals surface area contributed by atoms with Gasteiger partial charge in [-0.15, -0.1) is 0 Å². The number of hydrogen-bond acceptors (Lipinski definition) is 1. The molecule has 3 heteroatoms. The summed E-state index contributed by atoms with van der Waals surface area (Å²) in [7, 11) is 0. The molecule has 0 aliphatic heterocycles. The van der Waals surface area contributed by atoms with Gasteiger partial charge in [0.05, 0.1) is 0 Å². The molecule has 1 heterocycles. The first-order valence-electron chi connectivity index (χ1n) is 9.14. The van der Waals surface area contributed by atoms with Crippen molar-refractivity contribution in [3.63, 3.8) is 0 Å². The zero-order valence-electron chi connectivity index (χ0n) is 14.7. The quantitative estimate of drug-likeness (QED) is 0.472. The van der Waals surface area contributed by atoms with Crippen molar-refractivity contribution in [3.8, 4) is 0 Å². The molecular weight excluding hydrogens is 320 g/mol. The number of unbranched alkanes of at least 4 members (excludes halogenated alkanes) is 1. The number of aromatic amines is 1. The maximum absolute atomic E-state index is 12.0. The Labute approximate surface area is 153 Å². The van der Waals surface area contributed by atoms with Crippen molar-refractivity contribution in [2.75, 3.05) is 6.54 Å². The number of amides is 1. The Morgan fingerprint density at radius 1 is 0.808 bits per heavy atom. The minimum Gasteiger partial charge on any atom is -0.354 e. The van der Waals surface area contributed by atoms with Crippen molar-refractivity contribution < 1.29 is 4.79 Å². The molecule has 0 aliphatic rings. The number of nitrogens with one attached hydrogen (secondary N) is 2. The van der Waals surface area contributed by atoms with Crippen LogP contribution in [0.1, 0.15) is 28.8 Å². The number of carbonyl (C=O) groups is 1. The van der Waals surface area contributed by atoms with E-state index in [1.54, 1.807) is 0 Å². The maximum atomic E-state index is 12.0. The van der Waals surface area contributed by atoms with E-state index >= 15 is 0 Å². The van der Waals surface area contributed by atoms with Crippen molar-refractivity contribution in [3.05, 3.63) is 83.9 Å². The van der Waals surface area contributed by atoms with Gasteiger partial charge in [-0.25, -0.2) is 0 Å². The van der Waals surface area contributed by atoms with E-state index in [1.165, 1.54) is 27.4 Å². The van der Waals surface area contributed by atoms with Crippen molar-refractivity contribution in [1.82, 2.24) is 10.3 Å². The van der Waals surface area contributed by atoms with E-state index < -0.39 is 0 Å². The maximum Gasteiger partial charge on any atom is 0.251 e. The highest BCUT2D eigenvalue weighted by Crippen LogP contribution is 2.28. The first-order valence-corrected chi connectivity index (χ1v) is 9.14. The number of H-pyrrole nitrogens is 1. The monoisotopic (exact) mass is 342 g/mol. The molecule has 3 nitrogen and oxygen atoms in total.